The molecule has 0 aliphatic heterocycles. The summed E-state index contributed by atoms with van der Waals surface area (Å²) in [6, 6.07) is 73.9. The van der Waals surface area contributed by atoms with Gasteiger partial charge in [0.1, 0.15) is 0 Å². The second-order valence-electron chi connectivity index (χ2n) is 15.8. The van der Waals surface area contributed by atoms with E-state index in [-0.39, 0.29) is 0 Å². The fourth-order valence-electron chi connectivity index (χ4n) is 10.2. The zero-order valence-electron chi connectivity index (χ0n) is 32.0. The minimum Gasteiger partial charge on any atom is -0.308 e. The molecule has 0 atom stereocenters. The molecular formula is C57H34N2. The molecular weight excluding hydrogens is 713 g/mol. The van der Waals surface area contributed by atoms with Gasteiger partial charge in [-0.3, -0.25) is 4.98 Å². The molecule has 0 bridgehead atoms. The Morgan fingerprint density at radius 3 is 1.53 bits per heavy atom. The first-order valence-corrected chi connectivity index (χ1v) is 20.4. The van der Waals surface area contributed by atoms with E-state index in [9.17, 15) is 0 Å². The lowest BCUT2D eigenvalue weighted by atomic mass is 9.82. The number of pyridine rings is 1. The van der Waals surface area contributed by atoms with Gasteiger partial charge >= 0.3 is 0 Å². The third-order valence-corrected chi connectivity index (χ3v) is 12.7. The molecule has 0 spiro atoms. The maximum absolute atomic E-state index is 4.77. The molecule has 2 aromatic heterocycles. The number of aromatic nitrogens is 2. The van der Waals surface area contributed by atoms with Gasteiger partial charge in [-0.25, -0.2) is 0 Å². The highest BCUT2D eigenvalue weighted by molar-refractivity contribution is 6.29. The van der Waals surface area contributed by atoms with Crippen molar-refractivity contribution in [2.24, 2.45) is 0 Å². The normalized spacial score (nSPS) is 12.1. The molecule has 0 saturated heterocycles. The van der Waals surface area contributed by atoms with E-state index in [4.69, 9.17) is 4.98 Å². The molecule has 2 nitrogen and oxygen atoms in total. The van der Waals surface area contributed by atoms with E-state index in [1.165, 1.54) is 98.7 Å². The molecule has 59 heavy (non-hydrogen) atoms. The zero-order chi connectivity index (χ0) is 38.6. The lowest BCUT2D eigenvalue weighted by molar-refractivity contribution is 1.18. The summed E-state index contributed by atoms with van der Waals surface area (Å²) in [5.74, 6) is 0. The lowest BCUT2D eigenvalue weighted by Crippen LogP contribution is -1.94. The molecule has 0 fully saturated rings. The number of para-hydroxylation sites is 1. The van der Waals surface area contributed by atoms with Gasteiger partial charge in [0, 0.05) is 17.3 Å². The summed E-state index contributed by atoms with van der Waals surface area (Å²) < 4.78 is 2.33. The maximum atomic E-state index is 4.77. The van der Waals surface area contributed by atoms with Crippen LogP contribution in [0.5, 0.6) is 0 Å². The molecule has 10 aromatic carbocycles. The van der Waals surface area contributed by atoms with Crippen LogP contribution in [-0.4, -0.2) is 9.55 Å². The van der Waals surface area contributed by atoms with Crippen molar-refractivity contribution in [3.05, 3.63) is 206 Å². The average molecular weight is 747 g/mol. The second kappa shape index (κ2) is 12.3. The zero-order valence-corrected chi connectivity index (χ0v) is 32.0. The third kappa shape index (κ3) is 4.66. The Labute approximate surface area is 340 Å². The van der Waals surface area contributed by atoms with E-state index < -0.39 is 0 Å². The molecule has 0 radical (unpaired) electrons. The number of hydrogen-bond acceptors (Lipinski definition) is 1. The summed E-state index contributed by atoms with van der Waals surface area (Å²) in [6.07, 6.45) is 1.88. The Balaban J connectivity index is 1.07. The van der Waals surface area contributed by atoms with Crippen LogP contribution in [0.25, 0.3) is 126 Å². The summed E-state index contributed by atoms with van der Waals surface area (Å²) >= 11 is 0. The smallest absolute Gasteiger partial charge is 0.0963 e. The summed E-state index contributed by atoms with van der Waals surface area (Å²) in [7, 11) is 0. The van der Waals surface area contributed by atoms with E-state index in [0.717, 1.165) is 27.6 Å². The monoisotopic (exact) mass is 746 g/mol. The lowest BCUT2D eigenvalue weighted by Gasteiger charge is -2.21. The van der Waals surface area contributed by atoms with Crippen LogP contribution in [0.3, 0.4) is 0 Å². The fraction of sp³-hybridized carbons (Fsp3) is 0. The van der Waals surface area contributed by atoms with Crippen molar-refractivity contribution in [2.75, 3.05) is 0 Å². The van der Waals surface area contributed by atoms with Crippen molar-refractivity contribution in [3.63, 3.8) is 0 Å². The van der Waals surface area contributed by atoms with E-state index in [1.54, 1.807) is 0 Å². The Bertz CT molecular complexity index is 3530. The summed E-state index contributed by atoms with van der Waals surface area (Å²) in [5.41, 5.74) is 17.1. The molecule has 0 amide bonds. The van der Waals surface area contributed by atoms with Gasteiger partial charge < -0.3 is 4.57 Å². The van der Waals surface area contributed by atoms with Gasteiger partial charge in [0.2, 0.25) is 0 Å². The Morgan fingerprint density at radius 1 is 0.322 bits per heavy atom. The van der Waals surface area contributed by atoms with Crippen LogP contribution in [-0.2, 0) is 0 Å². The number of nitrogens with zero attached hydrogens (tertiary/aromatic N) is 2. The number of benzene rings is 10. The second-order valence-corrected chi connectivity index (χ2v) is 15.8. The van der Waals surface area contributed by atoms with E-state index in [1.807, 2.05) is 12.3 Å². The van der Waals surface area contributed by atoms with Crippen molar-refractivity contribution < 1.29 is 0 Å². The first-order chi connectivity index (χ1) is 29.3. The molecule has 1 aliphatic rings. The van der Waals surface area contributed by atoms with Gasteiger partial charge in [-0.1, -0.05) is 158 Å². The van der Waals surface area contributed by atoms with Crippen LogP contribution in [0.4, 0.5) is 0 Å². The summed E-state index contributed by atoms with van der Waals surface area (Å²) in [4.78, 5) is 4.77. The molecule has 0 N–H and O–H groups in total. The van der Waals surface area contributed by atoms with Crippen LogP contribution in [0, 0.1) is 0 Å². The maximum Gasteiger partial charge on any atom is 0.0963 e. The average Bonchev–Trinajstić information content (AvgIpc) is 3.82. The number of rotatable bonds is 4. The first-order valence-electron chi connectivity index (χ1n) is 20.4. The van der Waals surface area contributed by atoms with Crippen LogP contribution < -0.4 is 0 Å². The van der Waals surface area contributed by atoms with E-state index >= 15 is 0 Å². The largest absolute Gasteiger partial charge is 0.308 e. The number of hydrogen-bond donors (Lipinski definition) is 0. The van der Waals surface area contributed by atoms with Gasteiger partial charge in [-0.15, -0.1) is 0 Å². The summed E-state index contributed by atoms with van der Waals surface area (Å²) in [6.45, 7) is 0. The van der Waals surface area contributed by atoms with Crippen LogP contribution in [0.2, 0.25) is 0 Å². The van der Waals surface area contributed by atoms with Crippen molar-refractivity contribution in [3.8, 4) is 61.3 Å². The molecule has 1 aliphatic carbocycles. The SMILES string of the molecule is c1ccc2cc(-c3c4c(c(-c5ccc6ccccc6c5)c5ccccc35)-c3ccc(-c5ccc(-n6c7ccccc7c7ncccc76)cc5)c5cccc-4c35)ccc2c1. The van der Waals surface area contributed by atoms with Crippen molar-refractivity contribution in [1.29, 1.82) is 0 Å². The van der Waals surface area contributed by atoms with Gasteiger partial charge in [-0.2, -0.15) is 0 Å². The Hall–Kier alpha value is -7.81. The highest BCUT2D eigenvalue weighted by Gasteiger charge is 2.31. The molecule has 272 valence electrons. The highest BCUT2D eigenvalue weighted by Crippen LogP contribution is 2.58. The molecule has 0 saturated carbocycles. The standard InChI is InChI=1S/C57H34N2/c1-3-13-38-33-40(24-22-35(38)11-1)52-45-15-5-6-16-46(45)53(41-25-23-36-12-2-4-14-39(36)34-41)56-49-31-30-43(44-18-9-19-48(54(44)49)55(52)56)37-26-28-42(29-27-37)59-50-20-8-7-17-47(50)57-51(59)21-10-32-58-57/h1-34H. The van der Waals surface area contributed by atoms with Gasteiger partial charge in [0.25, 0.3) is 0 Å². The van der Waals surface area contributed by atoms with E-state index in [0.29, 0.717) is 0 Å². The first kappa shape index (κ1) is 32.3. The Morgan fingerprint density at radius 2 is 0.847 bits per heavy atom. The molecule has 2 heterocycles. The Kier molecular flexibility index (Phi) is 6.76. The minimum atomic E-state index is 1.03. The minimum absolute atomic E-state index is 1.03. The van der Waals surface area contributed by atoms with Gasteiger partial charge in [-0.05, 0) is 141 Å². The summed E-state index contributed by atoms with van der Waals surface area (Å²) in [5, 5.41) is 11.3. The van der Waals surface area contributed by atoms with Gasteiger partial charge in [0.15, 0.2) is 0 Å². The van der Waals surface area contributed by atoms with Gasteiger partial charge in [0.05, 0.1) is 16.6 Å². The number of fused-ring (bicyclic) bond motifs is 9. The molecule has 2 heteroatoms. The fourth-order valence-corrected chi connectivity index (χ4v) is 10.2. The van der Waals surface area contributed by atoms with Crippen LogP contribution in [0.1, 0.15) is 0 Å². The van der Waals surface area contributed by atoms with Crippen molar-refractivity contribution in [1.82, 2.24) is 9.55 Å². The predicted octanol–water partition coefficient (Wildman–Crippen LogP) is 15.4. The highest BCUT2D eigenvalue weighted by atomic mass is 15.0. The predicted molar refractivity (Wildman–Crippen MR) is 249 cm³/mol. The third-order valence-electron chi connectivity index (χ3n) is 12.7. The topological polar surface area (TPSA) is 17.8 Å². The molecule has 12 aromatic rings. The quantitative estimate of drug-likeness (QED) is 0.175. The van der Waals surface area contributed by atoms with Crippen molar-refractivity contribution in [2.45, 2.75) is 0 Å². The van der Waals surface area contributed by atoms with E-state index in [2.05, 4.69) is 199 Å². The van der Waals surface area contributed by atoms with Crippen LogP contribution in [0.15, 0.2) is 206 Å². The molecule has 0 unspecified atom stereocenters. The molecule has 13 rings (SSSR count). The van der Waals surface area contributed by atoms with Crippen molar-refractivity contribution >= 4 is 65.0 Å². The van der Waals surface area contributed by atoms with Crippen LogP contribution >= 0.6 is 0 Å².